The van der Waals surface area contributed by atoms with Gasteiger partial charge in [0.05, 0.1) is 5.52 Å². The van der Waals surface area contributed by atoms with E-state index in [1.165, 1.54) is 0 Å². The Labute approximate surface area is 200 Å². The highest BCUT2D eigenvalue weighted by Crippen LogP contribution is 2.31. The van der Waals surface area contributed by atoms with E-state index in [0.717, 1.165) is 32.8 Å². The quantitative estimate of drug-likeness (QED) is 0.230. The second-order valence-electron chi connectivity index (χ2n) is 8.46. The molecule has 7 aromatic rings. The van der Waals surface area contributed by atoms with E-state index in [1.807, 2.05) is 103 Å². The standard InChI is InChI=1S/C30H18N4O/c35-30-27-26(25(19-11-3-1-4-12-19)31-28(32-27)20-13-5-2-6-14-20)33-29-23-17-8-7-15-21(23)22-16-9-10-18-24(22)34(29)30/h1-18H. The van der Waals surface area contributed by atoms with Crippen LogP contribution in [0.25, 0.3) is 61.0 Å². The molecule has 0 aliphatic heterocycles. The van der Waals surface area contributed by atoms with Crippen molar-refractivity contribution in [3.63, 3.8) is 0 Å². The van der Waals surface area contributed by atoms with Gasteiger partial charge in [-0.3, -0.25) is 9.20 Å². The second-order valence-corrected chi connectivity index (χ2v) is 8.46. The van der Waals surface area contributed by atoms with E-state index in [9.17, 15) is 4.79 Å². The Morgan fingerprint density at radius 3 is 1.86 bits per heavy atom. The molecule has 4 aromatic carbocycles. The van der Waals surface area contributed by atoms with Gasteiger partial charge in [0.25, 0.3) is 5.56 Å². The molecule has 0 spiro atoms. The van der Waals surface area contributed by atoms with Crippen LogP contribution >= 0.6 is 0 Å². The summed E-state index contributed by atoms with van der Waals surface area (Å²) in [6, 6.07) is 35.6. The normalized spacial score (nSPS) is 11.5. The van der Waals surface area contributed by atoms with Crippen LogP contribution in [0.4, 0.5) is 0 Å². The Morgan fingerprint density at radius 2 is 1.11 bits per heavy atom. The maximum Gasteiger partial charge on any atom is 0.285 e. The smallest absolute Gasteiger partial charge is 0.266 e. The summed E-state index contributed by atoms with van der Waals surface area (Å²) in [5.41, 5.74) is 4.39. The van der Waals surface area contributed by atoms with Crippen LogP contribution in [0.1, 0.15) is 0 Å². The molecule has 3 aromatic heterocycles. The van der Waals surface area contributed by atoms with Crippen LogP contribution in [-0.4, -0.2) is 19.4 Å². The van der Waals surface area contributed by atoms with Crippen molar-refractivity contribution in [1.82, 2.24) is 19.4 Å². The molecule has 0 aliphatic rings. The van der Waals surface area contributed by atoms with Crippen molar-refractivity contribution >= 4 is 38.4 Å². The highest BCUT2D eigenvalue weighted by molar-refractivity contribution is 6.12. The van der Waals surface area contributed by atoms with Gasteiger partial charge in [-0.05, 0) is 11.5 Å². The molecule has 0 aliphatic carbocycles. The van der Waals surface area contributed by atoms with Gasteiger partial charge in [-0.2, -0.15) is 0 Å². The summed E-state index contributed by atoms with van der Waals surface area (Å²) in [5, 5.41) is 2.97. The average molecular weight is 451 g/mol. The fraction of sp³-hybridized carbons (Fsp3) is 0. The third-order valence-corrected chi connectivity index (χ3v) is 6.40. The van der Waals surface area contributed by atoms with Crippen molar-refractivity contribution in [2.75, 3.05) is 0 Å². The first-order valence-electron chi connectivity index (χ1n) is 11.4. The summed E-state index contributed by atoms with van der Waals surface area (Å²) in [5.74, 6) is 0.501. The van der Waals surface area contributed by atoms with Crippen LogP contribution in [0, 0.1) is 0 Å². The molecule has 5 nitrogen and oxygen atoms in total. The van der Waals surface area contributed by atoms with Crippen LogP contribution in [0.2, 0.25) is 0 Å². The van der Waals surface area contributed by atoms with Gasteiger partial charge in [0, 0.05) is 21.9 Å². The van der Waals surface area contributed by atoms with E-state index >= 15 is 0 Å². The molecule has 164 valence electrons. The van der Waals surface area contributed by atoms with Crippen LogP contribution < -0.4 is 5.56 Å². The lowest BCUT2D eigenvalue weighted by atomic mass is 10.1. The predicted octanol–water partition coefficient (Wildman–Crippen LogP) is 6.28. The summed E-state index contributed by atoms with van der Waals surface area (Å²) >= 11 is 0. The van der Waals surface area contributed by atoms with Crippen LogP contribution in [-0.2, 0) is 0 Å². The van der Waals surface area contributed by atoms with Gasteiger partial charge in [0.1, 0.15) is 16.9 Å². The minimum absolute atomic E-state index is 0.205. The number of fused-ring (bicyclic) bond motifs is 7. The molecule has 0 saturated heterocycles. The first-order chi connectivity index (χ1) is 17.3. The number of nitrogens with zero attached hydrogens (tertiary/aromatic N) is 4. The molecule has 35 heavy (non-hydrogen) atoms. The Kier molecular flexibility index (Phi) is 4.23. The summed E-state index contributed by atoms with van der Waals surface area (Å²) in [4.78, 5) is 28.9. The lowest BCUT2D eigenvalue weighted by Gasteiger charge is -2.14. The third-order valence-electron chi connectivity index (χ3n) is 6.40. The summed E-state index contributed by atoms with van der Waals surface area (Å²) in [6.45, 7) is 0. The van der Waals surface area contributed by atoms with E-state index in [4.69, 9.17) is 15.0 Å². The Morgan fingerprint density at radius 1 is 0.514 bits per heavy atom. The van der Waals surface area contributed by atoms with Crippen molar-refractivity contribution in [2.45, 2.75) is 0 Å². The van der Waals surface area contributed by atoms with Crippen LogP contribution in [0.3, 0.4) is 0 Å². The molecule has 0 atom stereocenters. The number of para-hydroxylation sites is 1. The molecule has 0 amide bonds. The molecule has 3 heterocycles. The minimum Gasteiger partial charge on any atom is -0.266 e. The molecule has 7 rings (SSSR count). The van der Waals surface area contributed by atoms with Crippen LogP contribution in [0.5, 0.6) is 0 Å². The highest BCUT2D eigenvalue weighted by atomic mass is 16.1. The molecule has 0 unspecified atom stereocenters. The van der Waals surface area contributed by atoms with Gasteiger partial charge in [0.15, 0.2) is 11.3 Å². The number of rotatable bonds is 2. The topological polar surface area (TPSA) is 60.2 Å². The fourth-order valence-corrected chi connectivity index (χ4v) is 4.79. The van der Waals surface area contributed by atoms with Crippen molar-refractivity contribution in [2.24, 2.45) is 0 Å². The van der Waals surface area contributed by atoms with Crippen LogP contribution in [0.15, 0.2) is 114 Å². The van der Waals surface area contributed by atoms with Crippen molar-refractivity contribution in [1.29, 1.82) is 0 Å². The lowest BCUT2D eigenvalue weighted by molar-refractivity contribution is 1.10. The molecule has 0 saturated carbocycles. The van der Waals surface area contributed by atoms with Gasteiger partial charge < -0.3 is 0 Å². The molecular formula is C30H18N4O. The number of benzene rings is 4. The maximum atomic E-state index is 14.1. The van der Waals surface area contributed by atoms with Gasteiger partial charge in [0.2, 0.25) is 0 Å². The number of hydrogen-bond acceptors (Lipinski definition) is 4. The maximum absolute atomic E-state index is 14.1. The van der Waals surface area contributed by atoms with Crippen molar-refractivity contribution < 1.29 is 0 Å². The van der Waals surface area contributed by atoms with Gasteiger partial charge in [-0.1, -0.05) is 103 Å². The van der Waals surface area contributed by atoms with Crippen molar-refractivity contribution in [3.8, 4) is 22.6 Å². The molecular weight excluding hydrogens is 432 g/mol. The molecule has 0 N–H and O–H groups in total. The van der Waals surface area contributed by atoms with Gasteiger partial charge in [-0.25, -0.2) is 15.0 Å². The number of aromatic nitrogens is 4. The first-order valence-corrected chi connectivity index (χ1v) is 11.4. The van der Waals surface area contributed by atoms with E-state index < -0.39 is 0 Å². The molecule has 5 heteroatoms. The zero-order valence-electron chi connectivity index (χ0n) is 18.6. The Bertz CT molecular complexity index is 1960. The zero-order valence-corrected chi connectivity index (χ0v) is 18.6. The Hall–Kier alpha value is -4.90. The Balaban J connectivity index is 1.73. The summed E-state index contributed by atoms with van der Waals surface area (Å²) in [6.07, 6.45) is 0. The lowest BCUT2D eigenvalue weighted by Crippen LogP contribution is -2.19. The van der Waals surface area contributed by atoms with E-state index in [0.29, 0.717) is 28.2 Å². The molecule has 0 fully saturated rings. The van der Waals surface area contributed by atoms with E-state index in [-0.39, 0.29) is 5.56 Å². The fourth-order valence-electron chi connectivity index (χ4n) is 4.79. The highest BCUT2D eigenvalue weighted by Gasteiger charge is 2.19. The van der Waals surface area contributed by atoms with Crippen molar-refractivity contribution in [3.05, 3.63) is 120 Å². The average Bonchev–Trinajstić information content (AvgIpc) is 2.94. The van der Waals surface area contributed by atoms with E-state index in [2.05, 4.69) is 6.07 Å². The summed E-state index contributed by atoms with van der Waals surface area (Å²) < 4.78 is 1.69. The SMILES string of the molecule is O=c1c2nc(-c3ccccc3)nc(-c3ccccc3)c2nc2c3ccccc3c3ccccc3n12. The third kappa shape index (κ3) is 2.95. The minimum atomic E-state index is -0.205. The van der Waals surface area contributed by atoms with E-state index in [1.54, 1.807) is 4.40 Å². The van der Waals surface area contributed by atoms with Gasteiger partial charge in [-0.15, -0.1) is 0 Å². The first kappa shape index (κ1) is 19.6. The number of hydrogen-bond donors (Lipinski definition) is 0. The number of pyridine rings is 1. The monoisotopic (exact) mass is 450 g/mol. The largest absolute Gasteiger partial charge is 0.285 e. The summed E-state index contributed by atoms with van der Waals surface area (Å²) in [7, 11) is 0. The molecule has 0 bridgehead atoms. The predicted molar refractivity (Wildman–Crippen MR) is 140 cm³/mol. The van der Waals surface area contributed by atoms with Gasteiger partial charge >= 0.3 is 0 Å². The second kappa shape index (κ2) is 7.57. The molecule has 0 radical (unpaired) electrons. The zero-order chi connectivity index (χ0) is 23.4.